The molecule has 3 heteroatoms. The van der Waals surface area contributed by atoms with Crippen LogP contribution in [-0.2, 0) is 15.6 Å². The first-order valence-corrected chi connectivity index (χ1v) is 8.40. The van der Waals surface area contributed by atoms with Crippen molar-refractivity contribution in [2.45, 2.75) is 79.2 Å². The van der Waals surface area contributed by atoms with Gasteiger partial charge in [-0.2, -0.15) is 0 Å². The molecule has 0 saturated heterocycles. The molecule has 0 heterocycles. The zero-order valence-electron chi connectivity index (χ0n) is 16.2. The lowest BCUT2D eigenvalue weighted by atomic mass is 9.78. The Morgan fingerprint density at radius 3 is 1.74 bits per heavy atom. The van der Waals surface area contributed by atoms with E-state index in [4.69, 9.17) is 9.47 Å². The third kappa shape index (κ3) is 4.98. The van der Waals surface area contributed by atoms with Gasteiger partial charge in [-0.15, -0.1) is 0 Å². The SMILES string of the molecule is CCOc1c(C(C)(C)C)cc(C(=O)OC(C)C)cc1C(C)(C)C. The van der Waals surface area contributed by atoms with Crippen LogP contribution >= 0.6 is 0 Å². The number of hydrogen-bond acceptors (Lipinski definition) is 3. The second-order valence-corrected chi connectivity index (χ2v) is 8.29. The third-order valence-corrected chi connectivity index (χ3v) is 3.57. The topological polar surface area (TPSA) is 35.5 Å². The molecular weight excluding hydrogens is 288 g/mol. The van der Waals surface area contributed by atoms with Gasteiger partial charge in [-0.25, -0.2) is 4.79 Å². The van der Waals surface area contributed by atoms with Gasteiger partial charge in [-0.05, 0) is 43.7 Å². The first kappa shape index (κ1) is 19.5. The van der Waals surface area contributed by atoms with Crippen molar-refractivity contribution in [1.82, 2.24) is 0 Å². The number of carbonyl (C=O) groups is 1. The van der Waals surface area contributed by atoms with E-state index in [0.717, 1.165) is 16.9 Å². The van der Waals surface area contributed by atoms with Crippen LogP contribution in [0.4, 0.5) is 0 Å². The molecule has 0 N–H and O–H groups in total. The van der Waals surface area contributed by atoms with E-state index in [9.17, 15) is 4.79 Å². The molecule has 3 nitrogen and oxygen atoms in total. The molecule has 1 rings (SSSR count). The minimum absolute atomic E-state index is 0.126. The second kappa shape index (κ2) is 6.94. The zero-order valence-corrected chi connectivity index (χ0v) is 16.2. The Morgan fingerprint density at radius 1 is 1.00 bits per heavy atom. The summed E-state index contributed by atoms with van der Waals surface area (Å²) in [6.07, 6.45) is -0.134. The summed E-state index contributed by atoms with van der Waals surface area (Å²) in [6.45, 7) is 19.1. The van der Waals surface area contributed by atoms with Crippen molar-refractivity contribution in [3.8, 4) is 5.75 Å². The van der Waals surface area contributed by atoms with E-state index in [1.54, 1.807) is 0 Å². The second-order valence-electron chi connectivity index (χ2n) is 8.29. The highest BCUT2D eigenvalue weighted by Crippen LogP contribution is 2.40. The molecule has 0 atom stereocenters. The van der Waals surface area contributed by atoms with Crippen molar-refractivity contribution in [2.75, 3.05) is 6.61 Å². The molecule has 0 aliphatic rings. The van der Waals surface area contributed by atoms with E-state index in [2.05, 4.69) is 41.5 Å². The molecule has 0 bridgehead atoms. The Bertz CT molecular complexity index is 522. The summed E-state index contributed by atoms with van der Waals surface area (Å²) < 4.78 is 11.4. The summed E-state index contributed by atoms with van der Waals surface area (Å²) >= 11 is 0. The molecule has 0 aliphatic carbocycles. The number of ether oxygens (including phenoxy) is 2. The standard InChI is InChI=1S/C20H32O3/c1-10-22-17-15(19(4,5)6)11-14(18(21)23-13(2)3)12-16(17)20(7,8)9/h11-13H,10H2,1-9H3. The van der Waals surface area contributed by atoms with Gasteiger partial charge in [0.25, 0.3) is 0 Å². The fraction of sp³-hybridized carbons (Fsp3) is 0.650. The van der Waals surface area contributed by atoms with Crippen LogP contribution in [0.15, 0.2) is 12.1 Å². The maximum Gasteiger partial charge on any atom is 0.338 e. The molecule has 23 heavy (non-hydrogen) atoms. The highest BCUT2D eigenvalue weighted by molar-refractivity contribution is 5.90. The van der Waals surface area contributed by atoms with E-state index >= 15 is 0 Å². The number of carbonyl (C=O) groups excluding carboxylic acids is 1. The quantitative estimate of drug-likeness (QED) is 0.711. The zero-order chi connectivity index (χ0) is 18.0. The van der Waals surface area contributed by atoms with Gasteiger partial charge in [0.15, 0.2) is 0 Å². The molecule has 0 unspecified atom stereocenters. The van der Waals surface area contributed by atoms with Gasteiger partial charge in [0.05, 0.1) is 18.3 Å². The van der Waals surface area contributed by atoms with Crippen LogP contribution < -0.4 is 4.74 Å². The third-order valence-electron chi connectivity index (χ3n) is 3.57. The van der Waals surface area contributed by atoms with Gasteiger partial charge >= 0.3 is 5.97 Å². The molecule has 0 aliphatic heterocycles. The van der Waals surface area contributed by atoms with Gasteiger partial charge in [-0.3, -0.25) is 0 Å². The molecule has 130 valence electrons. The molecule has 0 aromatic heterocycles. The van der Waals surface area contributed by atoms with E-state index in [1.807, 2.05) is 32.9 Å². The minimum atomic E-state index is -0.279. The average Bonchev–Trinajstić information content (AvgIpc) is 2.35. The molecule has 1 aromatic carbocycles. The molecule has 0 fully saturated rings. The number of esters is 1. The van der Waals surface area contributed by atoms with Crippen molar-refractivity contribution in [1.29, 1.82) is 0 Å². The summed E-state index contributed by atoms with van der Waals surface area (Å²) in [5, 5.41) is 0. The number of hydrogen-bond donors (Lipinski definition) is 0. The Balaban J connectivity index is 3.62. The Labute approximate surface area is 141 Å². The fourth-order valence-electron chi connectivity index (χ4n) is 2.44. The molecule has 0 saturated carbocycles. The van der Waals surface area contributed by atoms with Crippen molar-refractivity contribution in [3.05, 3.63) is 28.8 Å². The van der Waals surface area contributed by atoms with Crippen molar-refractivity contribution >= 4 is 5.97 Å². The predicted molar refractivity (Wildman–Crippen MR) is 95.6 cm³/mol. The maximum atomic E-state index is 12.4. The summed E-state index contributed by atoms with van der Waals surface area (Å²) in [5.41, 5.74) is 2.43. The van der Waals surface area contributed by atoms with E-state index < -0.39 is 0 Å². The van der Waals surface area contributed by atoms with Gasteiger partial charge in [-0.1, -0.05) is 41.5 Å². The summed E-state index contributed by atoms with van der Waals surface area (Å²) in [5.74, 6) is 0.618. The summed E-state index contributed by atoms with van der Waals surface area (Å²) in [6, 6.07) is 3.84. The molecule has 0 spiro atoms. The lowest BCUT2D eigenvalue weighted by Crippen LogP contribution is -2.22. The van der Waals surface area contributed by atoms with Crippen LogP contribution in [0.2, 0.25) is 0 Å². The highest BCUT2D eigenvalue weighted by Gasteiger charge is 2.29. The van der Waals surface area contributed by atoms with Gasteiger partial charge < -0.3 is 9.47 Å². The Kier molecular flexibility index (Phi) is 5.89. The smallest absolute Gasteiger partial charge is 0.338 e. The molecule has 1 aromatic rings. The minimum Gasteiger partial charge on any atom is -0.493 e. The molecule has 0 amide bonds. The van der Waals surface area contributed by atoms with Crippen LogP contribution in [0.25, 0.3) is 0 Å². The van der Waals surface area contributed by atoms with Crippen LogP contribution in [-0.4, -0.2) is 18.7 Å². The number of benzene rings is 1. The van der Waals surface area contributed by atoms with E-state index in [-0.39, 0.29) is 22.9 Å². The Hall–Kier alpha value is -1.51. The molecular formula is C20H32O3. The summed E-state index contributed by atoms with van der Waals surface area (Å²) in [4.78, 5) is 12.4. The predicted octanol–water partition coefficient (Wildman–Crippen LogP) is 5.25. The Morgan fingerprint density at radius 2 is 1.43 bits per heavy atom. The van der Waals surface area contributed by atoms with Crippen LogP contribution in [0.5, 0.6) is 5.75 Å². The normalized spacial score (nSPS) is 12.4. The largest absolute Gasteiger partial charge is 0.493 e. The van der Waals surface area contributed by atoms with Crippen molar-refractivity contribution < 1.29 is 14.3 Å². The van der Waals surface area contributed by atoms with Gasteiger partial charge in [0.1, 0.15) is 5.75 Å². The van der Waals surface area contributed by atoms with Gasteiger partial charge in [0.2, 0.25) is 0 Å². The van der Waals surface area contributed by atoms with Crippen LogP contribution in [0.3, 0.4) is 0 Å². The monoisotopic (exact) mass is 320 g/mol. The van der Waals surface area contributed by atoms with Crippen LogP contribution in [0, 0.1) is 0 Å². The van der Waals surface area contributed by atoms with Crippen molar-refractivity contribution in [2.24, 2.45) is 0 Å². The van der Waals surface area contributed by atoms with Gasteiger partial charge in [0, 0.05) is 11.1 Å². The average molecular weight is 320 g/mol. The fourth-order valence-corrected chi connectivity index (χ4v) is 2.44. The highest BCUT2D eigenvalue weighted by atomic mass is 16.5. The molecule has 0 radical (unpaired) electrons. The van der Waals surface area contributed by atoms with Crippen molar-refractivity contribution in [3.63, 3.8) is 0 Å². The first-order valence-electron chi connectivity index (χ1n) is 8.40. The van der Waals surface area contributed by atoms with E-state index in [1.165, 1.54) is 0 Å². The van der Waals surface area contributed by atoms with E-state index in [0.29, 0.717) is 12.2 Å². The summed E-state index contributed by atoms with van der Waals surface area (Å²) in [7, 11) is 0. The number of rotatable bonds is 4. The lowest BCUT2D eigenvalue weighted by molar-refractivity contribution is 0.0377. The lowest BCUT2D eigenvalue weighted by Gasteiger charge is -2.30. The first-order chi connectivity index (χ1) is 10.4. The van der Waals surface area contributed by atoms with Crippen LogP contribution in [0.1, 0.15) is 83.8 Å². The maximum absolute atomic E-state index is 12.4.